The van der Waals surface area contributed by atoms with E-state index in [4.69, 9.17) is 4.52 Å². The highest BCUT2D eigenvalue weighted by Gasteiger charge is 2.23. The number of hydrogen-bond acceptors (Lipinski definition) is 4. The van der Waals surface area contributed by atoms with Crippen LogP contribution in [0.3, 0.4) is 0 Å². The Balaban J connectivity index is 2.04. The Bertz CT molecular complexity index is 331. The molecule has 2 rings (SSSR count). The fourth-order valence-electron chi connectivity index (χ4n) is 1.88. The molecule has 0 amide bonds. The van der Waals surface area contributed by atoms with E-state index in [0.29, 0.717) is 6.04 Å². The molecule has 0 aliphatic carbocycles. The molecule has 1 aromatic heterocycles. The van der Waals surface area contributed by atoms with Gasteiger partial charge in [-0.2, -0.15) is 0 Å². The van der Waals surface area contributed by atoms with Gasteiger partial charge in [0.05, 0.1) is 5.69 Å². The number of rotatable bonds is 4. The van der Waals surface area contributed by atoms with Crippen molar-refractivity contribution in [3.05, 3.63) is 17.0 Å². The molecule has 1 fully saturated rings. The number of hydrogen-bond donors (Lipinski definition) is 1. The first-order valence-corrected chi connectivity index (χ1v) is 5.57. The highest BCUT2D eigenvalue weighted by atomic mass is 16.5. The van der Waals surface area contributed by atoms with Crippen molar-refractivity contribution in [2.24, 2.45) is 0 Å². The average molecular weight is 209 g/mol. The second-order valence-corrected chi connectivity index (χ2v) is 4.24. The van der Waals surface area contributed by atoms with Crippen LogP contribution < -0.4 is 5.32 Å². The van der Waals surface area contributed by atoms with Crippen LogP contribution in [0.1, 0.15) is 23.9 Å². The Kier molecular flexibility index (Phi) is 3.07. The molecule has 15 heavy (non-hydrogen) atoms. The van der Waals surface area contributed by atoms with Gasteiger partial charge < -0.3 is 9.84 Å². The van der Waals surface area contributed by atoms with E-state index in [9.17, 15) is 0 Å². The van der Waals surface area contributed by atoms with Crippen LogP contribution in [-0.2, 0) is 13.0 Å². The zero-order valence-electron chi connectivity index (χ0n) is 9.71. The van der Waals surface area contributed by atoms with Crippen LogP contribution in [0.25, 0.3) is 0 Å². The van der Waals surface area contributed by atoms with Crippen LogP contribution in [0.4, 0.5) is 0 Å². The largest absolute Gasteiger partial charge is 0.361 e. The Morgan fingerprint density at radius 1 is 1.53 bits per heavy atom. The van der Waals surface area contributed by atoms with Gasteiger partial charge in [-0.05, 0) is 20.4 Å². The summed E-state index contributed by atoms with van der Waals surface area (Å²) in [6, 6.07) is 0.670. The van der Waals surface area contributed by atoms with Crippen molar-refractivity contribution in [2.45, 2.75) is 32.9 Å². The zero-order valence-corrected chi connectivity index (χ0v) is 9.71. The lowest BCUT2D eigenvalue weighted by molar-refractivity contribution is 0.172. The highest BCUT2D eigenvalue weighted by Crippen LogP contribution is 2.17. The van der Waals surface area contributed by atoms with Gasteiger partial charge in [0.2, 0.25) is 0 Å². The van der Waals surface area contributed by atoms with Crippen molar-refractivity contribution in [1.29, 1.82) is 0 Å². The number of nitrogens with one attached hydrogen (secondary N) is 1. The van der Waals surface area contributed by atoms with Gasteiger partial charge in [0.25, 0.3) is 0 Å². The minimum absolute atomic E-state index is 0.670. The molecule has 0 unspecified atom stereocenters. The Morgan fingerprint density at radius 3 is 2.80 bits per heavy atom. The van der Waals surface area contributed by atoms with Crippen molar-refractivity contribution in [3.63, 3.8) is 0 Å². The Labute approximate surface area is 90.6 Å². The minimum Gasteiger partial charge on any atom is -0.361 e. The van der Waals surface area contributed by atoms with E-state index >= 15 is 0 Å². The van der Waals surface area contributed by atoms with E-state index in [1.165, 1.54) is 5.56 Å². The fraction of sp³-hybridized carbons (Fsp3) is 0.727. The molecule has 4 nitrogen and oxygen atoms in total. The topological polar surface area (TPSA) is 41.3 Å². The molecule has 1 saturated heterocycles. The summed E-state index contributed by atoms with van der Waals surface area (Å²) in [7, 11) is 2.16. The molecule has 4 heteroatoms. The van der Waals surface area contributed by atoms with Crippen molar-refractivity contribution >= 4 is 0 Å². The van der Waals surface area contributed by atoms with Gasteiger partial charge in [-0.25, -0.2) is 0 Å². The molecule has 1 aliphatic rings. The third-order valence-electron chi connectivity index (χ3n) is 3.19. The molecular weight excluding hydrogens is 190 g/mol. The summed E-state index contributed by atoms with van der Waals surface area (Å²) in [5, 5.41) is 7.36. The van der Waals surface area contributed by atoms with Crippen LogP contribution in [-0.4, -0.2) is 36.2 Å². The minimum atomic E-state index is 0.670. The van der Waals surface area contributed by atoms with Crippen LogP contribution in [0.2, 0.25) is 0 Å². The molecule has 0 radical (unpaired) electrons. The lowest BCUT2D eigenvalue weighted by Crippen LogP contribution is -2.55. The quantitative estimate of drug-likeness (QED) is 0.801. The van der Waals surface area contributed by atoms with E-state index in [1.54, 1.807) is 0 Å². The molecule has 1 aromatic rings. The molecule has 84 valence electrons. The maximum absolute atomic E-state index is 5.23. The summed E-state index contributed by atoms with van der Waals surface area (Å²) in [4.78, 5) is 2.37. The SMILES string of the molecule is CCc1noc(C)c1CN(C)C1CNC1. The average Bonchev–Trinajstić information content (AvgIpc) is 2.45. The van der Waals surface area contributed by atoms with Crippen molar-refractivity contribution in [3.8, 4) is 0 Å². The van der Waals surface area contributed by atoms with Gasteiger partial charge in [0.1, 0.15) is 5.76 Å². The summed E-state index contributed by atoms with van der Waals surface area (Å²) in [6.45, 7) is 7.26. The molecular formula is C11H19N3O. The first kappa shape index (κ1) is 10.6. The van der Waals surface area contributed by atoms with E-state index in [0.717, 1.165) is 37.5 Å². The summed E-state index contributed by atoms with van der Waals surface area (Å²) in [6.07, 6.45) is 0.948. The smallest absolute Gasteiger partial charge is 0.138 e. The van der Waals surface area contributed by atoms with Gasteiger partial charge in [-0.1, -0.05) is 12.1 Å². The zero-order chi connectivity index (χ0) is 10.8. The van der Waals surface area contributed by atoms with Gasteiger partial charge >= 0.3 is 0 Å². The van der Waals surface area contributed by atoms with Crippen LogP contribution in [0.15, 0.2) is 4.52 Å². The monoisotopic (exact) mass is 209 g/mol. The van der Waals surface area contributed by atoms with Gasteiger partial charge in [-0.3, -0.25) is 4.90 Å². The van der Waals surface area contributed by atoms with Gasteiger partial charge in [0.15, 0.2) is 0 Å². The molecule has 0 atom stereocenters. The van der Waals surface area contributed by atoms with Crippen LogP contribution >= 0.6 is 0 Å². The molecule has 1 aliphatic heterocycles. The third-order valence-corrected chi connectivity index (χ3v) is 3.19. The molecule has 0 bridgehead atoms. The maximum atomic E-state index is 5.23. The Morgan fingerprint density at radius 2 is 2.27 bits per heavy atom. The lowest BCUT2D eigenvalue weighted by atomic mass is 10.1. The van der Waals surface area contributed by atoms with Crippen molar-refractivity contribution in [1.82, 2.24) is 15.4 Å². The summed E-state index contributed by atoms with van der Waals surface area (Å²) in [5.41, 5.74) is 2.37. The number of nitrogens with zero attached hydrogens (tertiary/aromatic N) is 2. The third kappa shape index (κ3) is 2.06. The van der Waals surface area contributed by atoms with E-state index in [2.05, 4.69) is 29.3 Å². The molecule has 0 aromatic carbocycles. The summed E-state index contributed by atoms with van der Waals surface area (Å²) >= 11 is 0. The summed E-state index contributed by atoms with van der Waals surface area (Å²) < 4.78 is 5.23. The van der Waals surface area contributed by atoms with Crippen LogP contribution in [0, 0.1) is 6.92 Å². The van der Waals surface area contributed by atoms with Gasteiger partial charge in [0, 0.05) is 31.2 Å². The predicted octanol–water partition coefficient (Wildman–Crippen LogP) is 0.949. The predicted molar refractivity (Wildman–Crippen MR) is 58.7 cm³/mol. The number of aromatic nitrogens is 1. The maximum Gasteiger partial charge on any atom is 0.138 e. The van der Waals surface area contributed by atoms with E-state index < -0.39 is 0 Å². The fourth-order valence-corrected chi connectivity index (χ4v) is 1.88. The second kappa shape index (κ2) is 4.33. The molecule has 1 N–H and O–H groups in total. The normalized spacial score (nSPS) is 17.1. The molecule has 0 spiro atoms. The van der Waals surface area contributed by atoms with Crippen LogP contribution in [0.5, 0.6) is 0 Å². The van der Waals surface area contributed by atoms with Gasteiger partial charge in [-0.15, -0.1) is 0 Å². The molecule has 0 saturated carbocycles. The van der Waals surface area contributed by atoms with E-state index in [1.807, 2.05) is 6.92 Å². The summed E-state index contributed by atoms with van der Waals surface area (Å²) in [5.74, 6) is 0.964. The lowest BCUT2D eigenvalue weighted by Gasteiger charge is -2.35. The number of likely N-dealkylation sites (N-methyl/N-ethyl adjacent to an activating group) is 1. The van der Waals surface area contributed by atoms with E-state index in [-0.39, 0.29) is 0 Å². The highest BCUT2D eigenvalue weighted by molar-refractivity contribution is 5.22. The van der Waals surface area contributed by atoms with Crippen molar-refractivity contribution < 1.29 is 4.52 Å². The standard InChI is InChI=1S/C11H19N3O/c1-4-11-10(8(2)15-13-11)7-14(3)9-5-12-6-9/h9,12H,4-7H2,1-3H3. The Hall–Kier alpha value is -0.870. The second-order valence-electron chi connectivity index (χ2n) is 4.24. The first-order valence-electron chi connectivity index (χ1n) is 5.57. The first-order chi connectivity index (χ1) is 7.22. The number of aryl methyl sites for hydroxylation is 2. The van der Waals surface area contributed by atoms with Crippen molar-refractivity contribution in [2.75, 3.05) is 20.1 Å². The molecule has 2 heterocycles.